The number of pyridine rings is 1. The Labute approximate surface area is 269 Å². The third kappa shape index (κ3) is 9.24. The van der Waals surface area contributed by atoms with E-state index in [1.54, 1.807) is 30.5 Å². The van der Waals surface area contributed by atoms with Gasteiger partial charge in [-0.1, -0.05) is 18.2 Å². The standard InChI is InChI=1S/C32H39F3N8O4/c33-32(34,35)22-7-5-20(6-8-22)17-26(29(45)40-23-9-10-25-21(18-23)3-1-13-39-25)41-30(46)27-4-2-14-43(27)31(47)24(38)19-28(44)42(15-11-36)16-12-37/h1,3,5-10,13,18,24,26-27H,2,4,11-12,14-17,19,36-38H2,(H,40,45)(H,41,46)/t24?,26-,27-/m1/s1. The molecular formula is C32H39F3N8O4. The van der Waals surface area contributed by atoms with Crippen LogP contribution >= 0.6 is 0 Å². The number of nitrogens with one attached hydrogen (secondary N) is 2. The number of aromatic nitrogens is 1. The molecule has 0 radical (unpaired) electrons. The first-order chi connectivity index (χ1) is 22.4. The van der Waals surface area contributed by atoms with Crippen molar-refractivity contribution in [1.82, 2.24) is 20.1 Å². The van der Waals surface area contributed by atoms with Crippen LogP contribution in [-0.2, 0) is 31.8 Å². The molecule has 252 valence electrons. The van der Waals surface area contributed by atoms with Gasteiger partial charge in [-0.05, 0) is 54.8 Å². The van der Waals surface area contributed by atoms with Gasteiger partial charge in [0.25, 0.3) is 0 Å². The molecular weight excluding hydrogens is 617 g/mol. The average Bonchev–Trinajstić information content (AvgIpc) is 3.54. The summed E-state index contributed by atoms with van der Waals surface area (Å²) in [5.74, 6) is -2.22. The van der Waals surface area contributed by atoms with Crippen molar-refractivity contribution < 1.29 is 32.3 Å². The van der Waals surface area contributed by atoms with Crippen molar-refractivity contribution in [2.75, 3.05) is 38.0 Å². The third-order valence-corrected chi connectivity index (χ3v) is 7.93. The third-order valence-electron chi connectivity index (χ3n) is 7.93. The van der Waals surface area contributed by atoms with E-state index in [0.717, 1.165) is 17.5 Å². The Bertz CT molecular complexity index is 1560. The lowest BCUT2D eigenvalue weighted by atomic mass is 10.0. The zero-order valence-electron chi connectivity index (χ0n) is 25.7. The number of likely N-dealkylation sites (tertiary alicyclic amines) is 1. The molecule has 4 rings (SSSR count). The minimum Gasteiger partial charge on any atom is -0.342 e. The molecule has 47 heavy (non-hydrogen) atoms. The Morgan fingerprint density at radius 1 is 1.02 bits per heavy atom. The van der Waals surface area contributed by atoms with Gasteiger partial charge in [0, 0.05) is 56.4 Å². The van der Waals surface area contributed by atoms with E-state index in [0.29, 0.717) is 23.2 Å². The normalized spacial score (nSPS) is 16.0. The number of hydrogen-bond acceptors (Lipinski definition) is 8. The van der Waals surface area contributed by atoms with Gasteiger partial charge in [0.15, 0.2) is 0 Å². The molecule has 1 aromatic heterocycles. The maximum absolute atomic E-state index is 13.6. The zero-order chi connectivity index (χ0) is 34.1. The summed E-state index contributed by atoms with van der Waals surface area (Å²) in [5.41, 5.74) is 17.9. The molecule has 2 aromatic carbocycles. The average molecular weight is 657 g/mol. The van der Waals surface area contributed by atoms with Crippen molar-refractivity contribution in [3.63, 3.8) is 0 Å². The molecule has 15 heteroatoms. The van der Waals surface area contributed by atoms with E-state index in [4.69, 9.17) is 17.2 Å². The number of halogens is 3. The van der Waals surface area contributed by atoms with E-state index < -0.39 is 47.6 Å². The van der Waals surface area contributed by atoms with Crippen LogP contribution in [0.1, 0.15) is 30.4 Å². The summed E-state index contributed by atoms with van der Waals surface area (Å²) in [6.07, 6.45) is -2.56. The lowest BCUT2D eigenvalue weighted by Gasteiger charge is -2.29. The van der Waals surface area contributed by atoms with Crippen molar-refractivity contribution in [1.29, 1.82) is 0 Å². The van der Waals surface area contributed by atoms with Gasteiger partial charge < -0.3 is 37.6 Å². The van der Waals surface area contributed by atoms with Crippen LogP contribution in [0.2, 0.25) is 0 Å². The maximum Gasteiger partial charge on any atom is 0.416 e. The van der Waals surface area contributed by atoms with E-state index in [9.17, 15) is 32.3 Å². The summed E-state index contributed by atoms with van der Waals surface area (Å²) in [6, 6.07) is 9.54. The van der Waals surface area contributed by atoms with Crippen LogP contribution in [0.25, 0.3) is 10.9 Å². The highest BCUT2D eigenvalue weighted by molar-refractivity contribution is 6.00. The van der Waals surface area contributed by atoms with Gasteiger partial charge in [-0.3, -0.25) is 24.2 Å². The highest BCUT2D eigenvalue weighted by Gasteiger charge is 2.38. The van der Waals surface area contributed by atoms with Crippen molar-refractivity contribution in [2.45, 2.75) is 50.0 Å². The first-order valence-corrected chi connectivity index (χ1v) is 15.3. The van der Waals surface area contributed by atoms with Gasteiger partial charge in [-0.2, -0.15) is 13.2 Å². The van der Waals surface area contributed by atoms with Crippen LogP contribution in [0, 0.1) is 0 Å². The van der Waals surface area contributed by atoms with E-state index in [2.05, 4.69) is 15.6 Å². The lowest BCUT2D eigenvalue weighted by molar-refractivity contribution is -0.142. The molecule has 12 nitrogen and oxygen atoms in total. The number of fused-ring (bicyclic) bond motifs is 1. The molecule has 2 heterocycles. The number of benzene rings is 2. The number of nitrogens with two attached hydrogens (primary N) is 3. The number of alkyl halides is 3. The fourth-order valence-electron chi connectivity index (χ4n) is 5.52. The molecule has 1 saturated heterocycles. The molecule has 1 aliphatic heterocycles. The molecule has 8 N–H and O–H groups in total. The van der Waals surface area contributed by atoms with Crippen molar-refractivity contribution >= 4 is 40.2 Å². The van der Waals surface area contributed by atoms with Crippen molar-refractivity contribution in [2.24, 2.45) is 17.2 Å². The molecule has 1 fully saturated rings. The molecule has 0 bridgehead atoms. The Kier molecular flexibility index (Phi) is 11.9. The van der Waals surface area contributed by atoms with Crippen LogP contribution in [0.15, 0.2) is 60.8 Å². The van der Waals surface area contributed by atoms with Crippen molar-refractivity contribution in [3.05, 3.63) is 71.9 Å². The number of carbonyl (C=O) groups is 4. The number of amides is 4. The number of hydrogen-bond donors (Lipinski definition) is 5. The molecule has 1 unspecified atom stereocenters. The Hall–Kier alpha value is -4.60. The van der Waals surface area contributed by atoms with E-state index in [1.165, 1.54) is 21.9 Å². The van der Waals surface area contributed by atoms with E-state index in [-0.39, 0.29) is 57.9 Å². The fraction of sp³-hybridized carbons (Fsp3) is 0.406. The molecule has 0 spiro atoms. The highest BCUT2D eigenvalue weighted by atomic mass is 19.4. The van der Waals surface area contributed by atoms with Crippen LogP contribution in [0.4, 0.5) is 18.9 Å². The van der Waals surface area contributed by atoms with Gasteiger partial charge in [0.2, 0.25) is 23.6 Å². The quantitative estimate of drug-likeness (QED) is 0.182. The van der Waals surface area contributed by atoms with Gasteiger partial charge >= 0.3 is 6.18 Å². The predicted molar refractivity (Wildman–Crippen MR) is 169 cm³/mol. The van der Waals surface area contributed by atoms with Gasteiger partial charge in [0.1, 0.15) is 12.1 Å². The summed E-state index contributed by atoms with van der Waals surface area (Å²) < 4.78 is 39.4. The highest BCUT2D eigenvalue weighted by Crippen LogP contribution is 2.29. The zero-order valence-corrected chi connectivity index (χ0v) is 25.7. The van der Waals surface area contributed by atoms with Gasteiger partial charge in [-0.15, -0.1) is 0 Å². The second-order valence-electron chi connectivity index (χ2n) is 11.3. The van der Waals surface area contributed by atoms with E-state index >= 15 is 0 Å². The number of nitrogens with zero attached hydrogens (tertiary/aromatic N) is 3. The minimum absolute atomic E-state index is 0.127. The molecule has 3 aromatic rings. The van der Waals surface area contributed by atoms with Crippen LogP contribution in [-0.4, -0.2) is 89.3 Å². The van der Waals surface area contributed by atoms with Gasteiger partial charge in [0.05, 0.1) is 23.5 Å². The first-order valence-electron chi connectivity index (χ1n) is 15.3. The molecule has 0 saturated carbocycles. The second-order valence-corrected chi connectivity index (χ2v) is 11.3. The maximum atomic E-state index is 13.6. The lowest BCUT2D eigenvalue weighted by Crippen LogP contribution is -2.55. The number of rotatable bonds is 13. The largest absolute Gasteiger partial charge is 0.416 e. The fourth-order valence-corrected chi connectivity index (χ4v) is 5.52. The summed E-state index contributed by atoms with van der Waals surface area (Å²) in [6.45, 7) is 1.15. The summed E-state index contributed by atoms with van der Waals surface area (Å²) in [5, 5.41) is 6.23. The Morgan fingerprint density at radius 3 is 2.38 bits per heavy atom. The smallest absolute Gasteiger partial charge is 0.342 e. The number of carbonyl (C=O) groups excluding carboxylic acids is 4. The Morgan fingerprint density at radius 2 is 1.72 bits per heavy atom. The minimum atomic E-state index is -4.54. The summed E-state index contributed by atoms with van der Waals surface area (Å²) >= 11 is 0. The van der Waals surface area contributed by atoms with Crippen LogP contribution in [0.5, 0.6) is 0 Å². The molecule has 0 aliphatic carbocycles. The van der Waals surface area contributed by atoms with Crippen molar-refractivity contribution in [3.8, 4) is 0 Å². The number of anilines is 1. The van der Waals surface area contributed by atoms with Crippen LogP contribution < -0.4 is 27.8 Å². The molecule has 4 amide bonds. The predicted octanol–water partition coefficient (Wildman–Crippen LogP) is 1.37. The monoisotopic (exact) mass is 656 g/mol. The summed E-state index contributed by atoms with van der Waals surface area (Å²) in [4.78, 5) is 60.2. The topological polar surface area (TPSA) is 190 Å². The molecule has 1 aliphatic rings. The molecule has 3 atom stereocenters. The van der Waals surface area contributed by atoms with E-state index in [1.807, 2.05) is 6.07 Å². The van der Waals surface area contributed by atoms with Crippen LogP contribution in [0.3, 0.4) is 0 Å². The second kappa shape index (κ2) is 15.8. The first kappa shape index (κ1) is 35.3. The SMILES string of the molecule is NCCN(CCN)C(=O)CC(N)C(=O)N1CCC[C@@H]1C(=O)N[C@H](Cc1ccc(C(F)(F)F)cc1)C(=O)Nc1ccc2ncccc2c1. The Balaban J connectivity index is 1.50. The summed E-state index contributed by atoms with van der Waals surface area (Å²) in [7, 11) is 0. The van der Waals surface area contributed by atoms with Gasteiger partial charge in [-0.25, -0.2) is 0 Å².